The molecule has 1 fully saturated rings. The molecule has 1 aromatic rings. The van der Waals surface area contributed by atoms with Crippen LogP contribution in [0.15, 0.2) is 12.5 Å². The molecule has 0 radical (unpaired) electrons. The first kappa shape index (κ1) is 15.6. The Morgan fingerprint density at radius 1 is 1.52 bits per heavy atom. The summed E-state index contributed by atoms with van der Waals surface area (Å²) in [6.07, 6.45) is -0.979. The van der Waals surface area contributed by atoms with Crippen molar-refractivity contribution in [3.63, 3.8) is 0 Å². The van der Waals surface area contributed by atoms with Gasteiger partial charge in [-0.3, -0.25) is 0 Å². The van der Waals surface area contributed by atoms with Crippen LogP contribution < -0.4 is 5.73 Å². The van der Waals surface area contributed by atoms with Crippen LogP contribution >= 0.6 is 0 Å². The second kappa shape index (κ2) is 5.55. The normalized spacial score (nSPS) is 22.7. The van der Waals surface area contributed by atoms with Crippen molar-refractivity contribution in [2.24, 2.45) is 12.8 Å². The number of likely N-dealkylation sites (tertiary alicyclic amines) is 1. The van der Waals surface area contributed by atoms with Crippen LogP contribution in [0.4, 0.5) is 18.0 Å². The van der Waals surface area contributed by atoms with E-state index < -0.39 is 18.8 Å². The van der Waals surface area contributed by atoms with Crippen molar-refractivity contribution in [3.8, 4) is 0 Å². The summed E-state index contributed by atoms with van der Waals surface area (Å²) in [7, 11) is 2.95. The molecular formula is C12H18F3N5O. The quantitative estimate of drug-likeness (QED) is 0.877. The summed E-state index contributed by atoms with van der Waals surface area (Å²) in [4.78, 5) is 18.2. The van der Waals surface area contributed by atoms with Gasteiger partial charge in [-0.2, -0.15) is 13.2 Å². The van der Waals surface area contributed by atoms with Crippen LogP contribution in [-0.4, -0.2) is 64.3 Å². The molecule has 2 amide bonds. The zero-order valence-corrected chi connectivity index (χ0v) is 11.8. The van der Waals surface area contributed by atoms with Crippen molar-refractivity contribution < 1.29 is 18.0 Å². The van der Waals surface area contributed by atoms with E-state index in [9.17, 15) is 18.0 Å². The third kappa shape index (κ3) is 3.66. The number of imidazole rings is 1. The number of carbonyl (C=O) groups excluding carboxylic acids is 1. The minimum absolute atomic E-state index is 0.158. The molecule has 2 rings (SSSR count). The Morgan fingerprint density at radius 2 is 2.19 bits per heavy atom. The predicted molar refractivity (Wildman–Crippen MR) is 69.6 cm³/mol. The van der Waals surface area contributed by atoms with Crippen molar-refractivity contribution in [3.05, 3.63) is 18.2 Å². The minimum atomic E-state index is -4.41. The lowest BCUT2D eigenvalue weighted by molar-refractivity contribution is -0.138. The number of alkyl halides is 3. The van der Waals surface area contributed by atoms with Gasteiger partial charge in [-0.05, 0) is 0 Å². The molecule has 1 aliphatic rings. The second-order valence-electron chi connectivity index (χ2n) is 5.39. The van der Waals surface area contributed by atoms with Crippen LogP contribution in [-0.2, 0) is 7.05 Å². The molecule has 1 aliphatic heterocycles. The van der Waals surface area contributed by atoms with E-state index >= 15 is 0 Å². The fourth-order valence-corrected chi connectivity index (χ4v) is 2.50. The van der Waals surface area contributed by atoms with Crippen molar-refractivity contribution in [2.75, 3.05) is 26.7 Å². The number of urea groups is 1. The number of hydrogen-bond acceptors (Lipinski definition) is 3. The van der Waals surface area contributed by atoms with Gasteiger partial charge in [-0.15, -0.1) is 0 Å². The van der Waals surface area contributed by atoms with E-state index in [1.807, 2.05) is 7.05 Å². The SMILES string of the molecule is CN(CC(F)(F)F)C(=O)N1C[C@@H](N)[C@H](c2cn(C)cn2)C1. The molecule has 0 aliphatic carbocycles. The van der Waals surface area contributed by atoms with E-state index in [0.29, 0.717) is 4.90 Å². The van der Waals surface area contributed by atoms with Crippen molar-refractivity contribution >= 4 is 6.03 Å². The van der Waals surface area contributed by atoms with Gasteiger partial charge in [0.1, 0.15) is 6.54 Å². The maximum atomic E-state index is 12.3. The summed E-state index contributed by atoms with van der Waals surface area (Å²) in [6.45, 7) is -0.771. The van der Waals surface area contributed by atoms with Gasteiger partial charge in [0, 0.05) is 45.3 Å². The number of halogens is 3. The Bertz CT molecular complexity index is 515. The number of nitrogens with two attached hydrogens (primary N) is 1. The number of aromatic nitrogens is 2. The third-order valence-electron chi connectivity index (χ3n) is 3.48. The lowest BCUT2D eigenvalue weighted by Gasteiger charge is -2.25. The maximum Gasteiger partial charge on any atom is 0.406 e. The molecule has 0 spiro atoms. The van der Waals surface area contributed by atoms with Crippen LogP contribution in [0.2, 0.25) is 0 Å². The Hall–Kier alpha value is -1.77. The van der Waals surface area contributed by atoms with E-state index in [1.165, 1.54) is 4.90 Å². The highest BCUT2D eigenvalue weighted by molar-refractivity contribution is 5.74. The van der Waals surface area contributed by atoms with Crippen molar-refractivity contribution in [1.82, 2.24) is 19.4 Å². The van der Waals surface area contributed by atoms with Gasteiger partial charge in [0.25, 0.3) is 0 Å². The average molecular weight is 305 g/mol. The Balaban J connectivity index is 2.02. The van der Waals surface area contributed by atoms with E-state index in [0.717, 1.165) is 12.7 Å². The van der Waals surface area contributed by atoms with Crippen molar-refractivity contribution in [2.45, 2.75) is 18.1 Å². The highest BCUT2D eigenvalue weighted by Gasteiger charge is 2.38. The van der Waals surface area contributed by atoms with Gasteiger partial charge in [-0.1, -0.05) is 0 Å². The van der Waals surface area contributed by atoms with E-state index in [-0.39, 0.29) is 25.0 Å². The van der Waals surface area contributed by atoms with Gasteiger partial charge in [-0.25, -0.2) is 9.78 Å². The highest BCUT2D eigenvalue weighted by atomic mass is 19.4. The molecule has 2 atom stereocenters. The van der Waals surface area contributed by atoms with Crippen LogP contribution in [0.5, 0.6) is 0 Å². The first-order valence-corrected chi connectivity index (χ1v) is 6.47. The number of nitrogens with zero attached hydrogens (tertiary/aromatic N) is 4. The van der Waals surface area contributed by atoms with Crippen LogP contribution in [0.3, 0.4) is 0 Å². The Morgan fingerprint density at radius 3 is 2.71 bits per heavy atom. The summed E-state index contributed by atoms with van der Waals surface area (Å²) >= 11 is 0. The zero-order chi connectivity index (χ0) is 15.8. The largest absolute Gasteiger partial charge is 0.406 e. The number of hydrogen-bond donors (Lipinski definition) is 1. The number of rotatable bonds is 2. The highest BCUT2D eigenvalue weighted by Crippen LogP contribution is 2.26. The molecule has 1 aromatic heterocycles. The smallest absolute Gasteiger partial charge is 0.340 e. The maximum absolute atomic E-state index is 12.3. The molecule has 0 saturated carbocycles. The standard InChI is InChI=1S/C12H18F3N5O/c1-18-5-10(17-7-18)8-3-20(4-9(8)16)11(21)19(2)6-12(13,14)15/h5,7-9H,3-4,6,16H2,1-2H3/t8-,9-/m1/s1. The molecule has 0 unspecified atom stereocenters. The van der Waals surface area contributed by atoms with Crippen LogP contribution in [0.1, 0.15) is 11.6 Å². The fraction of sp³-hybridized carbons (Fsp3) is 0.667. The molecule has 2 N–H and O–H groups in total. The second-order valence-corrected chi connectivity index (χ2v) is 5.39. The number of carbonyl (C=O) groups is 1. The molecule has 21 heavy (non-hydrogen) atoms. The summed E-state index contributed by atoms with van der Waals surface area (Å²) in [5.74, 6) is -0.158. The predicted octanol–water partition coefficient (Wildman–Crippen LogP) is 0.761. The average Bonchev–Trinajstić information content (AvgIpc) is 2.92. The van der Waals surface area contributed by atoms with E-state index in [4.69, 9.17) is 5.73 Å². The van der Waals surface area contributed by atoms with Gasteiger partial charge in [0.2, 0.25) is 0 Å². The molecule has 2 heterocycles. The summed E-state index contributed by atoms with van der Waals surface area (Å²) in [5, 5.41) is 0. The fourth-order valence-electron chi connectivity index (χ4n) is 2.50. The number of aryl methyl sites for hydroxylation is 1. The zero-order valence-electron chi connectivity index (χ0n) is 11.8. The molecule has 9 heteroatoms. The molecule has 1 saturated heterocycles. The van der Waals surface area contributed by atoms with Gasteiger partial charge < -0.3 is 20.1 Å². The first-order valence-electron chi connectivity index (χ1n) is 6.47. The Labute approximate surface area is 120 Å². The molecule has 0 aromatic carbocycles. The van der Waals surface area contributed by atoms with E-state index in [1.54, 1.807) is 17.1 Å². The first-order chi connectivity index (χ1) is 9.67. The van der Waals surface area contributed by atoms with Crippen LogP contribution in [0, 0.1) is 0 Å². The molecule has 0 bridgehead atoms. The summed E-state index contributed by atoms with van der Waals surface area (Å²) in [5.41, 5.74) is 6.74. The summed E-state index contributed by atoms with van der Waals surface area (Å²) < 4.78 is 38.7. The molecular weight excluding hydrogens is 287 g/mol. The lowest BCUT2D eigenvalue weighted by atomic mass is 10.0. The summed E-state index contributed by atoms with van der Waals surface area (Å²) in [6, 6.07) is -0.996. The third-order valence-corrected chi connectivity index (χ3v) is 3.48. The van der Waals surface area contributed by atoms with Crippen LogP contribution in [0.25, 0.3) is 0 Å². The van der Waals surface area contributed by atoms with Gasteiger partial charge in [0.15, 0.2) is 0 Å². The topological polar surface area (TPSA) is 67.4 Å². The van der Waals surface area contributed by atoms with E-state index in [2.05, 4.69) is 4.98 Å². The molecule has 6 nitrogen and oxygen atoms in total. The molecule has 118 valence electrons. The Kier molecular flexibility index (Phi) is 4.13. The van der Waals surface area contributed by atoms with Gasteiger partial charge >= 0.3 is 12.2 Å². The van der Waals surface area contributed by atoms with Gasteiger partial charge in [0.05, 0.1) is 12.0 Å². The van der Waals surface area contributed by atoms with Crippen molar-refractivity contribution in [1.29, 1.82) is 0 Å². The minimum Gasteiger partial charge on any atom is -0.340 e. The lowest BCUT2D eigenvalue weighted by Crippen LogP contribution is -2.44. The number of amides is 2. The monoisotopic (exact) mass is 305 g/mol.